The van der Waals surface area contributed by atoms with Crippen molar-refractivity contribution in [2.24, 2.45) is 0 Å². The molecule has 0 saturated carbocycles. The summed E-state index contributed by atoms with van der Waals surface area (Å²) in [5.74, 6) is 0.00409. The number of nitrogens with zero attached hydrogens (tertiary/aromatic N) is 2. The van der Waals surface area contributed by atoms with Gasteiger partial charge in [-0.25, -0.2) is 0 Å². The highest BCUT2D eigenvalue weighted by Crippen LogP contribution is 2.28. The quantitative estimate of drug-likeness (QED) is 0.672. The number of halogens is 1. The molecule has 0 aromatic heterocycles. The zero-order valence-corrected chi connectivity index (χ0v) is 10.5. The smallest absolute Gasteiger partial charge is 0.271 e. The lowest BCUT2D eigenvalue weighted by Crippen LogP contribution is -2.31. The van der Waals surface area contributed by atoms with E-state index in [0.717, 1.165) is 0 Å². The minimum atomic E-state index is -0.510. The van der Waals surface area contributed by atoms with E-state index in [1.54, 1.807) is 11.9 Å². The van der Waals surface area contributed by atoms with Gasteiger partial charge in [0.25, 0.3) is 5.69 Å². The predicted octanol–water partition coefficient (Wildman–Crippen LogP) is 1.89. The Balaban J connectivity index is 2.15. The fourth-order valence-corrected chi connectivity index (χ4v) is 2.11. The summed E-state index contributed by atoms with van der Waals surface area (Å²) in [6, 6.07) is 3.84. The number of nitro groups is 1. The third-order valence-electron chi connectivity index (χ3n) is 2.92. The first-order valence-corrected chi connectivity index (χ1v) is 5.82. The van der Waals surface area contributed by atoms with Crippen molar-refractivity contribution in [2.45, 2.75) is 12.5 Å². The number of carbonyl (C=O) groups is 1. The number of amides is 1. The number of benzene rings is 1. The summed E-state index contributed by atoms with van der Waals surface area (Å²) < 4.78 is 0. The Morgan fingerprint density at radius 1 is 1.56 bits per heavy atom. The van der Waals surface area contributed by atoms with E-state index in [4.69, 9.17) is 11.6 Å². The number of hydrogen-bond donors (Lipinski definition) is 1. The van der Waals surface area contributed by atoms with Crippen LogP contribution in [0.5, 0.6) is 0 Å². The molecule has 0 aliphatic carbocycles. The Bertz CT molecular complexity index is 506. The third-order valence-corrected chi connectivity index (χ3v) is 3.23. The highest BCUT2D eigenvalue weighted by Gasteiger charge is 2.29. The van der Waals surface area contributed by atoms with Crippen LogP contribution in [0.15, 0.2) is 18.2 Å². The Morgan fingerprint density at radius 2 is 2.28 bits per heavy atom. The van der Waals surface area contributed by atoms with Gasteiger partial charge in [0.1, 0.15) is 6.04 Å². The van der Waals surface area contributed by atoms with E-state index in [-0.39, 0.29) is 22.7 Å². The molecule has 18 heavy (non-hydrogen) atoms. The predicted molar refractivity (Wildman–Crippen MR) is 67.8 cm³/mol. The number of nitro benzene ring substituents is 1. The number of rotatable bonds is 3. The Hall–Kier alpha value is -1.82. The van der Waals surface area contributed by atoms with E-state index in [9.17, 15) is 14.9 Å². The Kier molecular flexibility index (Phi) is 3.38. The fraction of sp³-hybridized carbons (Fsp3) is 0.364. The second-order valence-corrected chi connectivity index (χ2v) is 4.57. The van der Waals surface area contributed by atoms with Crippen LogP contribution >= 0.6 is 11.6 Å². The first kappa shape index (κ1) is 12.6. The number of likely N-dealkylation sites (N-methyl/N-ethyl adjacent to an activating group) is 1. The summed E-state index contributed by atoms with van der Waals surface area (Å²) in [5.41, 5.74) is 0.469. The summed E-state index contributed by atoms with van der Waals surface area (Å²) in [5, 5.41) is 13.8. The molecule has 7 heteroatoms. The lowest BCUT2D eigenvalue weighted by atomic mass is 10.2. The van der Waals surface area contributed by atoms with Gasteiger partial charge in [0.15, 0.2) is 0 Å². The van der Waals surface area contributed by atoms with E-state index in [1.807, 2.05) is 0 Å². The van der Waals surface area contributed by atoms with Crippen LogP contribution < -0.4 is 5.32 Å². The molecule has 1 amide bonds. The van der Waals surface area contributed by atoms with Gasteiger partial charge in [-0.2, -0.15) is 0 Å². The SMILES string of the molecule is CN1CCC(Nc2ccc([N+](=O)[O-])cc2Cl)C1=O. The molecule has 1 aliphatic heterocycles. The molecule has 1 heterocycles. The van der Waals surface area contributed by atoms with Gasteiger partial charge in [-0.15, -0.1) is 0 Å². The molecule has 6 nitrogen and oxygen atoms in total. The number of hydrogen-bond acceptors (Lipinski definition) is 4. The first-order chi connectivity index (χ1) is 8.49. The summed E-state index contributed by atoms with van der Waals surface area (Å²) >= 11 is 5.94. The molecule has 2 rings (SSSR count). The fourth-order valence-electron chi connectivity index (χ4n) is 1.88. The van der Waals surface area contributed by atoms with Crippen LogP contribution in [0.3, 0.4) is 0 Å². The first-order valence-electron chi connectivity index (χ1n) is 5.44. The number of carbonyl (C=O) groups excluding carboxylic acids is 1. The largest absolute Gasteiger partial charge is 0.372 e. The van der Waals surface area contributed by atoms with Gasteiger partial charge < -0.3 is 10.2 Å². The number of non-ortho nitro benzene ring substituents is 1. The highest BCUT2D eigenvalue weighted by molar-refractivity contribution is 6.33. The average molecular weight is 270 g/mol. The number of anilines is 1. The monoisotopic (exact) mass is 269 g/mol. The van der Waals surface area contributed by atoms with E-state index in [0.29, 0.717) is 18.7 Å². The van der Waals surface area contributed by atoms with Gasteiger partial charge in [-0.05, 0) is 12.5 Å². The maximum absolute atomic E-state index is 11.7. The van der Waals surface area contributed by atoms with Crippen molar-refractivity contribution in [2.75, 3.05) is 18.9 Å². The molecule has 1 aliphatic rings. The molecule has 1 saturated heterocycles. The zero-order valence-electron chi connectivity index (χ0n) is 9.72. The van der Waals surface area contributed by atoms with Crippen LogP contribution in [0.1, 0.15) is 6.42 Å². The van der Waals surface area contributed by atoms with Gasteiger partial charge in [0.2, 0.25) is 5.91 Å². The minimum Gasteiger partial charge on any atom is -0.372 e. The van der Waals surface area contributed by atoms with Gasteiger partial charge in [-0.3, -0.25) is 14.9 Å². The van der Waals surface area contributed by atoms with Gasteiger partial charge in [0, 0.05) is 25.7 Å². The molecule has 0 radical (unpaired) electrons. The molecule has 0 spiro atoms. The maximum Gasteiger partial charge on any atom is 0.271 e. The van der Waals surface area contributed by atoms with Gasteiger partial charge >= 0.3 is 0 Å². The van der Waals surface area contributed by atoms with Crippen molar-refractivity contribution >= 4 is 28.9 Å². The van der Waals surface area contributed by atoms with Crippen molar-refractivity contribution < 1.29 is 9.72 Å². The Morgan fingerprint density at radius 3 is 2.78 bits per heavy atom. The van der Waals surface area contributed by atoms with Crippen molar-refractivity contribution in [3.8, 4) is 0 Å². The second kappa shape index (κ2) is 4.81. The van der Waals surface area contributed by atoms with Crippen LogP contribution in [-0.2, 0) is 4.79 Å². The summed E-state index contributed by atoms with van der Waals surface area (Å²) in [6.07, 6.45) is 0.697. The Labute approximate surface area is 109 Å². The number of likely N-dealkylation sites (tertiary alicyclic amines) is 1. The van der Waals surface area contributed by atoms with Crippen molar-refractivity contribution in [1.82, 2.24) is 4.90 Å². The summed E-state index contributed by atoms with van der Waals surface area (Å²) in [7, 11) is 1.74. The molecule has 1 aromatic carbocycles. The number of nitrogens with one attached hydrogen (secondary N) is 1. The van der Waals surface area contributed by atoms with Crippen molar-refractivity contribution in [3.63, 3.8) is 0 Å². The van der Waals surface area contributed by atoms with Gasteiger partial charge in [0.05, 0.1) is 15.6 Å². The second-order valence-electron chi connectivity index (χ2n) is 4.17. The summed E-state index contributed by atoms with van der Waals surface area (Å²) in [4.78, 5) is 23.4. The third kappa shape index (κ3) is 2.38. The van der Waals surface area contributed by atoms with E-state index in [2.05, 4.69) is 5.32 Å². The molecular formula is C11H12ClN3O3. The molecular weight excluding hydrogens is 258 g/mol. The van der Waals surface area contributed by atoms with Crippen LogP contribution in [0.4, 0.5) is 11.4 Å². The molecule has 96 valence electrons. The average Bonchev–Trinajstić information content (AvgIpc) is 2.63. The highest BCUT2D eigenvalue weighted by atomic mass is 35.5. The van der Waals surface area contributed by atoms with Crippen molar-refractivity contribution in [1.29, 1.82) is 0 Å². The van der Waals surface area contributed by atoms with E-state index >= 15 is 0 Å². The van der Waals surface area contributed by atoms with Crippen LogP contribution in [0, 0.1) is 10.1 Å². The van der Waals surface area contributed by atoms with E-state index in [1.165, 1.54) is 18.2 Å². The lowest BCUT2D eigenvalue weighted by Gasteiger charge is -2.14. The maximum atomic E-state index is 11.7. The van der Waals surface area contributed by atoms with Gasteiger partial charge in [-0.1, -0.05) is 11.6 Å². The zero-order chi connectivity index (χ0) is 13.3. The molecule has 1 N–H and O–H groups in total. The molecule has 1 unspecified atom stereocenters. The topological polar surface area (TPSA) is 75.5 Å². The minimum absolute atomic E-state index is 0.00409. The molecule has 0 bridgehead atoms. The molecule has 1 aromatic rings. The summed E-state index contributed by atoms with van der Waals surface area (Å²) in [6.45, 7) is 0.696. The lowest BCUT2D eigenvalue weighted by molar-refractivity contribution is -0.384. The normalized spacial score (nSPS) is 19.1. The molecule has 1 atom stereocenters. The van der Waals surface area contributed by atoms with Crippen LogP contribution in [0.2, 0.25) is 5.02 Å². The van der Waals surface area contributed by atoms with Crippen LogP contribution in [0.25, 0.3) is 0 Å². The van der Waals surface area contributed by atoms with E-state index < -0.39 is 4.92 Å². The van der Waals surface area contributed by atoms with Crippen molar-refractivity contribution in [3.05, 3.63) is 33.3 Å². The standard InChI is InChI=1S/C11H12ClN3O3/c1-14-5-4-10(11(14)16)13-9-3-2-7(15(17)18)6-8(9)12/h2-3,6,10,13H,4-5H2,1H3. The molecule has 1 fully saturated rings. The van der Waals surface area contributed by atoms with Crippen LogP contribution in [-0.4, -0.2) is 35.4 Å².